The monoisotopic (exact) mass is 220 g/mol. The number of hydrogen-bond acceptors (Lipinski definition) is 2. The predicted molar refractivity (Wildman–Crippen MR) is 62.2 cm³/mol. The highest BCUT2D eigenvalue weighted by Gasteiger charge is 2.06. The predicted octanol–water partition coefficient (Wildman–Crippen LogP) is 0.861. The molecule has 0 aromatic heterocycles. The molecule has 1 aromatic carbocycles. The molecule has 0 spiro atoms. The van der Waals surface area contributed by atoms with Crippen LogP contribution in [0.2, 0.25) is 0 Å². The van der Waals surface area contributed by atoms with Gasteiger partial charge in [-0.25, -0.2) is 0 Å². The molecule has 16 heavy (non-hydrogen) atoms. The number of amides is 2. The lowest BCUT2D eigenvalue weighted by molar-refractivity contribution is -0.109. The molecule has 0 atom stereocenters. The molecule has 1 rings (SSSR count). The van der Waals surface area contributed by atoms with Gasteiger partial charge in [-0.3, -0.25) is 9.59 Å². The Morgan fingerprint density at radius 1 is 1.31 bits per heavy atom. The van der Waals surface area contributed by atoms with Gasteiger partial charge in [0.15, 0.2) is 0 Å². The van der Waals surface area contributed by atoms with E-state index in [-0.39, 0.29) is 5.91 Å². The Hall–Kier alpha value is -1.84. The van der Waals surface area contributed by atoms with Gasteiger partial charge in [-0.05, 0) is 25.0 Å². The second kappa shape index (κ2) is 6.61. The second-order valence-electron chi connectivity index (χ2n) is 3.50. The fourth-order valence-corrected chi connectivity index (χ4v) is 1.37. The zero-order valence-corrected chi connectivity index (χ0v) is 9.32. The minimum atomic E-state index is -0.0656. The average molecular weight is 220 g/mol. The molecule has 86 valence electrons. The fourth-order valence-electron chi connectivity index (χ4n) is 1.37. The zero-order chi connectivity index (χ0) is 11.8. The first-order valence-electron chi connectivity index (χ1n) is 5.26. The minimum absolute atomic E-state index is 0.0656. The highest BCUT2D eigenvalue weighted by atomic mass is 16.1. The Bertz CT molecular complexity index is 364. The third kappa shape index (κ3) is 3.73. The number of carbonyl (C=O) groups excluding carboxylic acids is 2. The Kier molecular flexibility index (Phi) is 5.05. The number of rotatable bonds is 6. The summed E-state index contributed by atoms with van der Waals surface area (Å²) in [5.41, 5.74) is 1.66. The van der Waals surface area contributed by atoms with E-state index in [2.05, 4.69) is 10.6 Å². The van der Waals surface area contributed by atoms with Gasteiger partial charge in [0, 0.05) is 18.7 Å². The maximum Gasteiger partial charge on any atom is 0.251 e. The summed E-state index contributed by atoms with van der Waals surface area (Å²) < 4.78 is 0. The van der Waals surface area contributed by atoms with Crippen LogP contribution in [-0.2, 0) is 4.79 Å². The largest absolute Gasteiger partial charge is 0.359 e. The van der Waals surface area contributed by atoms with Gasteiger partial charge < -0.3 is 10.6 Å². The van der Waals surface area contributed by atoms with E-state index in [1.165, 1.54) is 0 Å². The number of nitrogens with one attached hydrogen (secondary N) is 2. The summed E-state index contributed by atoms with van der Waals surface area (Å²) >= 11 is 0. The average Bonchev–Trinajstić information content (AvgIpc) is 2.29. The first-order chi connectivity index (χ1) is 7.75. The highest BCUT2D eigenvalue weighted by molar-refractivity contribution is 5.95. The molecule has 0 aliphatic rings. The quantitative estimate of drug-likeness (QED) is 0.552. The molecule has 0 aliphatic heterocycles. The molecule has 0 aliphatic carbocycles. The summed E-state index contributed by atoms with van der Waals surface area (Å²) in [7, 11) is 0. The lowest BCUT2D eigenvalue weighted by Crippen LogP contribution is -2.27. The first kappa shape index (κ1) is 12.2. The SMILES string of the molecule is Cc1ccccc1C(=O)NCCCNC=O. The van der Waals surface area contributed by atoms with Crippen LogP contribution in [0.1, 0.15) is 22.3 Å². The Morgan fingerprint density at radius 3 is 2.75 bits per heavy atom. The third-order valence-electron chi connectivity index (χ3n) is 2.26. The molecule has 0 fully saturated rings. The van der Waals surface area contributed by atoms with Crippen molar-refractivity contribution in [2.75, 3.05) is 13.1 Å². The van der Waals surface area contributed by atoms with Crippen LogP contribution in [0, 0.1) is 6.92 Å². The summed E-state index contributed by atoms with van der Waals surface area (Å²) in [5.74, 6) is -0.0656. The molecule has 4 nitrogen and oxygen atoms in total. The standard InChI is InChI=1S/C12H16N2O2/c1-10-5-2-3-6-11(10)12(16)14-8-4-7-13-9-15/h2-3,5-6,9H,4,7-8H2,1H3,(H,13,15)(H,14,16). The van der Waals surface area contributed by atoms with Gasteiger partial charge in [0.25, 0.3) is 5.91 Å². The Morgan fingerprint density at radius 2 is 2.06 bits per heavy atom. The summed E-state index contributed by atoms with van der Waals surface area (Å²) in [6, 6.07) is 7.45. The van der Waals surface area contributed by atoms with E-state index in [4.69, 9.17) is 0 Å². The van der Waals surface area contributed by atoms with Crippen LogP contribution in [0.5, 0.6) is 0 Å². The topological polar surface area (TPSA) is 58.2 Å². The normalized spacial score (nSPS) is 9.56. The van der Waals surface area contributed by atoms with Gasteiger partial charge in [0.05, 0.1) is 0 Å². The summed E-state index contributed by atoms with van der Waals surface area (Å²) in [6.45, 7) is 3.05. The molecule has 2 amide bonds. The van der Waals surface area contributed by atoms with Crippen molar-refractivity contribution in [2.45, 2.75) is 13.3 Å². The molecular weight excluding hydrogens is 204 g/mol. The lowest BCUT2D eigenvalue weighted by atomic mass is 10.1. The van der Waals surface area contributed by atoms with Gasteiger partial charge in [0.2, 0.25) is 6.41 Å². The Labute approximate surface area is 95.0 Å². The van der Waals surface area contributed by atoms with Crippen molar-refractivity contribution in [1.82, 2.24) is 10.6 Å². The van der Waals surface area contributed by atoms with E-state index < -0.39 is 0 Å². The van der Waals surface area contributed by atoms with Crippen LogP contribution >= 0.6 is 0 Å². The number of benzene rings is 1. The maximum absolute atomic E-state index is 11.7. The lowest BCUT2D eigenvalue weighted by Gasteiger charge is -2.06. The van der Waals surface area contributed by atoms with Crippen molar-refractivity contribution in [3.05, 3.63) is 35.4 Å². The minimum Gasteiger partial charge on any atom is -0.359 e. The fraction of sp³-hybridized carbons (Fsp3) is 0.333. The van der Waals surface area contributed by atoms with Crippen LogP contribution in [0.3, 0.4) is 0 Å². The summed E-state index contributed by atoms with van der Waals surface area (Å²) in [5, 5.41) is 5.35. The number of hydrogen-bond donors (Lipinski definition) is 2. The molecule has 0 saturated carbocycles. The zero-order valence-electron chi connectivity index (χ0n) is 9.32. The van der Waals surface area contributed by atoms with Crippen molar-refractivity contribution in [3.63, 3.8) is 0 Å². The highest BCUT2D eigenvalue weighted by Crippen LogP contribution is 2.06. The molecule has 0 bridgehead atoms. The molecule has 0 saturated heterocycles. The van der Waals surface area contributed by atoms with Gasteiger partial charge in [0.1, 0.15) is 0 Å². The van der Waals surface area contributed by atoms with Crippen LogP contribution in [0.4, 0.5) is 0 Å². The van der Waals surface area contributed by atoms with E-state index in [0.29, 0.717) is 25.1 Å². The molecule has 2 N–H and O–H groups in total. The molecule has 0 heterocycles. The van der Waals surface area contributed by atoms with E-state index in [0.717, 1.165) is 12.0 Å². The van der Waals surface area contributed by atoms with Crippen molar-refractivity contribution in [2.24, 2.45) is 0 Å². The maximum atomic E-state index is 11.7. The van der Waals surface area contributed by atoms with Crippen molar-refractivity contribution < 1.29 is 9.59 Å². The smallest absolute Gasteiger partial charge is 0.251 e. The van der Waals surface area contributed by atoms with Gasteiger partial charge in [-0.15, -0.1) is 0 Å². The Balaban J connectivity index is 2.36. The number of carbonyl (C=O) groups is 2. The van der Waals surface area contributed by atoms with Crippen molar-refractivity contribution in [3.8, 4) is 0 Å². The van der Waals surface area contributed by atoms with E-state index in [1.807, 2.05) is 25.1 Å². The molecule has 0 radical (unpaired) electrons. The van der Waals surface area contributed by atoms with Crippen LogP contribution in [0.15, 0.2) is 24.3 Å². The molecule has 4 heteroatoms. The van der Waals surface area contributed by atoms with E-state index >= 15 is 0 Å². The van der Waals surface area contributed by atoms with Crippen LogP contribution < -0.4 is 10.6 Å². The molecular formula is C12H16N2O2. The van der Waals surface area contributed by atoms with E-state index in [1.54, 1.807) is 6.07 Å². The second-order valence-corrected chi connectivity index (χ2v) is 3.50. The third-order valence-corrected chi connectivity index (χ3v) is 2.26. The molecule has 1 aromatic rings. The molecule has 0 unspecified atom stereocenters. The van der Waals surface area contributed by atoms with Gasteiger partial charge in [-0.1, -0.05) is 18.2 Å². The van der Waals surface area contributed by atoms with Crippen molar-refractivity contribution >= 4 is 12.3 Å². The van der Waals surface area contributed by atoms with Gasteiger partial charge >= 0.3 is 0 Å². The number of aryl methyl sites for hydroxylation is 1. The summed E-state index contributed by atoms with van der Waals surface area (Å²) in [6.07, 6.45) is 1.39. The summed E-state index contributed by atoms with van der Waals surface area (Å²) in [4.78, 5) is 21.7. The van der Waals surface area contributed by atoms with E-state index in [9.17, 15) is 9.59 Å². The van der Waals surface area contributed by atoms with Crippen LogP contribution in [-0.4, -0.2) is 25.4 Å². The van der Waals surface area contributed by atoms with Crippen LogP contribution in [0.25, 0.3) is 0 Å². The van der Waals surface area contributed by atoms with Crippen molar-refractivity contribution in [1.29, 1.82) is 0 Å². The first-order valence-corrected chi connectivity index (χ1v) is 5.26. The van der Waals surface area contributed by atoms with Gasteiger partial charge in [-0.2, -0.15) is 0 Å².